The van der Waals surface area contributed by atoms with Gasteiger partial charge >= 0.3 is 0 Å². The van der Waals surface area contributed by atoms with Crippen LogP contribution in [0.3, 0.4) is 0 Å². The highest BCUT2D eigenvalue weighted by Gasteiger charge is 2.22. The van der Waals surface area contributed by atoms with Crippen LogP contribution in [-0.2, 0) is 19.5 Å². The van der Waals surface area contributed by atoms with Gasteiger partial charge in [0.15, 0.2) is 5.82 Å². The average Bonchev–Trinajstić information content (AvgIpc) is 2.64. The summed E-state index contributed by atoms with van der Waals surface area (Å²) in [5, 5.41) is 0.560. The smallest absolute Gasteiger partial charge is 0.161 e. The van der Waals surface area contributed by atoms with Gasteiger partial charge in [-0.05, 0) is 17.7 Å². The van der Waals surface area contributed by atoms with Crippen LogP contribution in [0.25, 0.3) is 11.4 Å². The minimum absolute atomic E-state index is 0.560. The Hall–Kier alpha value is -2.30. The molecule has 0 unspecified atom stereocenters. The third-order valence-electron chi connectivity index (χ3n) is 4.28. The standard InChI is InChI=1S/C19H17ClN4/c20-18-16-13-24(12-14-4-2-1-3-5-14)11-8-17(16)22-19(23-18)15-6-9-21-10-7-15/h1-7,9-10H,8,11-13H2. The maximum absolute atomic E-state index is 6.47. The Morgan fingerprint density at radius 2 is 1.79 bits per heavy atom. The molecule has 0 spiro atoms. The lowest BCUT2D eigenvalue weighted by Crippen LogP contribution is -2.31. The molecule has 0 radical (unpaired) electrons. The Morgan fingerprint density at radius 1 is 1.00 bits per heavy atom. The lowest BCUT2D eigenvalue weighted by molar-refractivity contribution is 0.243. The molecule has 120 valence electrons. The van der Waals surface area contributed by atoms with E-state index in [4.69, 9.17) is 16.6 Å². The van der Waals surface area contributed by atoms with Crippen molar-refractivity contribution in [1.29, 1.82) is 0 Å². The average molecular weight is 337 g/mol. The van der Waals surface area contributed by atoms with Crippen molar-refractivity contribution in [3.63, 3.8) is 0 Å². The molecule has 0 saturated carbocycles. The number of hydrogen-bond donors (Lipinski definition) is 0. The minimum atomic E-state index is 0.560. The number of aromatic nitrogens is 3. The Kier molecular flexibility index (Phi) is 4.24. The second kappa shape index (κ2) is 6.67. The molecule has 5 heteroatoms. The Labute approximate surface area is 146 Å². The number of benzene rings is 1. The second-order valence-electron chi connectivity index (χ2n) is 5.95. The van der Waals surface area contributed by atoms with E-state index in [0.29, 0.717) is 11.0 Å². The molecular formula is C19H17ClN4. The Morgan fingerprint density at radius 3 is 2.58 bits per heavy atom. The van der Waals surface area contributed by atoms with Crippen LogP contribution in [0, 0.1) is 0 Å². The molecule has 0 aliphatic carbocycles. The van der Waals surface area contributed by atoms with Crippen LogP contribution in [0.1, 0.15) is 16.8 Å². The fraction of sp³-hybridized carbons (Fsp3) is 0.211. The van der Waals surface area contributed by atoms with E-state index < -0.39 is 0 Å². The summed E-state index contributed by atoms with van der Waals surface area (Å²) >= 11 is 6.47. The van der Waals surface area contributed by atoms with Gasteiger partial charge in [0.2, 0.25) is 0 Å². The molecule has 0 N–H and O–H groups in total. The fourth-order valence-corrected chi connectivity index (χ4v) is 3.29. The van der Waals surface area contributed by atoms with Crippen molar-refractivity contribution in [2.45, 2.75) is 19.5 Å². The first kappa shape index (κ1) is 15.2. The van der Waals surface area contributed by atoms with Gasteiger partial charge in [0.1, 0.15) is 5.15 Å². The summed E-state index contributed by atoms with van der Waals surface area (Å²) in [6.45, 7) is 2.69. The molecule has 1 aliphatic heterocycles. The van der Waals surface area contributed by atoms with Gasteiger partial charge in [-0.3, -0.25) is 9.88 Å². The summed E-state index contributed by atoms with van der Waals surface area (Å²) in [5.74, 6) is 0.678. The summed E-state index contributed by atoms with van der Waals surface area (Å²) in [4.78, 5) is 15.7. The predicted molar refractivity (Wildman–Crippen MR) is 94.5 cm³/mol. The van der Waals surface area contributed by atoms with Crippen LogP contribution in [0.4, 0.5) is 0 Å². The molecule has 0 amide bonds. The fourth-order valence-electron chi connectivity index (χ4n) is 3.04. The SMILES string of the molecule is Clc1nc(-c2ccncc2)nc2c1CN(Cc1ccccc1)CC2. The summed E-state index contributed by atoms with van der Waals surface area (Å²) in [5.41, 5.74) is 4.37. The van der Waals surface area contributed by atoms with E-state index in [1.807, 2.05) is 18.2 Å². The highest BCUT2D eigenvalue weighted by Crippen LogP contribution is 2.27. The van der Waals surface area contributed by atoms with Crippen molar-refractivity contribution in [1.82, 2.24) is 19.9 Å². The zero-order valence-corrected chi connectivity index (χ0v) is 13.9. The Bertz CT molecular complexity index is 837. The number of fused-ring (bicyclic) bond motifs is 1. The predicted octanol–water partition coefficient (Wildman–Crippen LogP) is 3.75. The molecule has 0 fully saturated rings. The van der Waals surface area contributed by atoms with Crippen LogP contribution in [0.2, 0.25) is 5.15 Å². The monoisotopic (exact) mass is 336 g/mol. The number of rotatable bonds is 3. The second-order valence-corrected chi connectivity index (χ2v) is 6.30. The number of pyridine rings is 1. The molecule has 3 heterocycles. The van der Waals surface area contributed by atoms with Gasteiger partial charge in [-0.1, -0.05) is 41.9 Å². The minimum Gasteiger partial charge on any atom is -0.294 e. The maximum Gasteiger partial charge on any atom is 0.161 e. The highest BCUT2D eigenvalue weighted by molar-refractivity contribution is 6.30. The lowest BCUT2D eigenvalue weighted by atomic mass is 10.1. The topological polar surface area (TPSA) is 41.9 Å². The lowest BCUT2D eigenvalue weighted by Gasteiger charge is -2.28. The van der Waals surface area contributed by atoms with E-state index in [9.17, 15) is 0 Å². The van der Waals surface area contributed by atoms with E-state index in [1.165, 1.54) is 5.56 Å². The highest BCUT2D eigenvalue weighted by atomic mass is 35.5. The van der Waals surface area contributed by atoms with Crippen LogP contribution in [0.15, 0.2) is 54.9 Å². The summed E-state index contributed by atoms with van der Waals surface area (Å²) in [6, 6.07) is 14.3. The molecule has 3 aromatic rings. The van der Waals surface area contributed by atoms with Crippen LogP contribution in [-0.4, -0.2) is 26.4 Å². The molecule has 1 aromatic carbocycles. The van der Waals surface area contributed by atoms with E-state index in [-0.39, 0.29) is 0 Å². The maximum atomic E-state index is 6.47. The van der Waals surface area contributed by atoms with Gasteiger partial charge in [-0.25, -0.2) is 9.97 Å². The van der Waals surface area contributed by atoms with Crippen molar-refractivity contribution in [2.75, 3.05) is 6.54 Å². The van der Waals surface area contributed by atoms with Crippen LogP contribution >= 0.6 is 11.6 Å². The van der Waals surface area contributed by atoms with E-state index in [2.05, 4.69) is 39.1 Å². The molecule has 4 nitrogen and oxygen atoms in total. The third-order valence-corrected chi connectivity index (χ3v) is 4.59. The largest absolute Gasteiger partial charge is 0.294 e. The number of hydrogen-bond acceptors (Lipinski definition) is 4. The molecule has 1 aliphatic rings. The molecule has 0 bridgehead atoms. The van der Waals surface area contributed by atoms with Gasteiger partial charge in [-0.15, -0.1) is 0 Å². The summed E-state index contributed by atoms with van der Waals surface area (Å²) in [6.07, 6.45) is 4.38. The molecule has 24 heavy (non-hydrogen) atoms. The normalized spacial score (nSPS) is 14.4. The van der Waals surface area contributed by atoms with Crippen molar-refractivity contribution in [3.05, 3.63) is 76.8 Å². The van der Waals surface area contributed by atoms with Crippen LogP contribution in [0.5, 0.6) is 0 Å². The van der Waals surface area contributed by atoms with Gasteiger partial charge in [-0.2, -0.15) is 0 Å². The number of nitrogens with zero attached hydrogens (tertiary/aromatic N) is 4. The molecule has 2 aromatic heterocycles. The third kappa shape index (κ3) is 3.16. The van der Waals surface area contributed by atoms with E-state index >= 15 is 0 Å². The first-order chi connectivity index (χ1) is 11.8. The van der Waals surface area contributed by atoms with Crippen molar-refractivity contribution in [3.8, 4) is 11.4 Å². The Balaban J connectivity index is 1.58. The zero-order chi connectivity index (χ0) is 16.4. The van der Waals surface area contributed by atoms with Gasteiger partial charge in [0, 0.05) is 49.6 Å². The van der Waals surface area contributed by atoms with Gasteiger partial charge in [0.25, 0.3) is 0 Å². The first-order valence-electron chi connectivity index (χ1n) is 8.01. The summed E-state index contributed by atoms with van der Waals surface area (Å²) in [7, 11) is 0. The molecule has 0 saturated heterocycles. The number of halogens is 1. The van der Waals surface area contributed by atoms with Gasteiger partial charge < -0.3 is 0 Å². The van der Waals surface area contributed by atoms with Crippen molar-refractivity contribution >= 4 is 11.6 Å². The molecular weight excluding hydrogens is 320 g/mol. The molecule has 0 atom stereocenters. The van der Waals surface area contributed by atoms with E-state index in [1.54, 1.807) is 12.4 Å². The van der Waals surface area contributed by atoms with Gasteiger partial charge in [0.05, 0.1) is 5.69 Å². The zero-order valence-electron chi connectivity index (χ0n) is 13.2. The van der Waals surface area contributed by atoms with E-state index in [0.717, 1.165) is 42.9 Å². The van der Waals surface area contributed by atoms with Crippen molar-refractivity contribution < 1.29 is 0 Å². The quantitative estimate of drug-likeness (QED) is 0.683. The van der Waals surface area contributed by atoms with Crippen molar-refractivity contribution in [2.24, 2.45) is 0 Å². The molecule has 4 rings (SSSR count). The first-order valence-corrected chi connectivity index (χ1v) is 8.39. The summed E-state index contributed by atoms with van der Waals surface area (Å²) < 4.78 is 0. The van der Waals surface area contributed by atoms with Crippen LogP contribution < -0.4 is 0 Å².